The van der Waals surface area contributed by atoms with Crippen molar-refractivity contribution < 1.29 is 9.66 Å². The molecule has 0 bridgehead atoms. The lowest BCUT2D eigenvalue weighted by Gasteiger charge is -2.03. The van der Waals surface area contributed by atoms with E-state index in [0.29, 0.717) is 18.7 Å². The van der Waals surface area contributed by atoms with Crippen LogP contribution >= 0.6 is 15.9 Å². The van der Waals surface area contributed by atoms with E-state index in [1.165, 1.54) is 18.4 Å². The number of hydrogen-bond acceptors (Lipinski definition) is 5. The first-order chi connectivity index (χ1) is 9.06. The SMILES string of the molecule is COCCN=C/C=C(\N)c1cc(Br)ccc1[N+](=O)[O-]. The van der Waals surface area contributed by atoms with Gasteiger partial charge >= 0.3 is 0 Å². The fraction of sp³-hybridized carbons (Fsp3) is 0.250. The monoisotopic (exact) mass is 327 g/mol. The maximum atomic E-state index is 10.9. The highest BCUT2D eigenvalue weighted by molar-refractivity contribution is 9.10. The number of nitrogens with two attached hydrogens (primary N) is 1. The molecular formula is C12H14BrN3O3. The van der Waals surface area contributed by atoms with Crippen LogP contribution in [0.1, 0.15) is 5.56 Å². The van der Waals surface area contributed by atoms with Gasteiger partial charge in [-0.05, 0) is 18.2 Å². The molecule has 0 unspecified atom stereocenters. The minimum absolute atomic E-state index is 0.0396. The van der Waals surface area contributed by atoms with Gasteiger partial charge in [0.05, 0.1) is 23.6 Å². The second-order valence-corrected chi connectivity index (χ2v) is 4.50. The third-order valence-electron chi connectivity index (χ3n) is 2.25. The topological polar surface area (TPSA) is 90.8 Å². The highest BCUT2D eigenvalue weighted by atomic mass is 79.9. The number of allylic oxidation sites excluding steroid dienone is 1. The average molecular weight is 328 g/mol. The Hall–Kier alpha value is -1.73. The summed E-state index contributed by atoms with van der Waals surface area (Å²) in [6.07, 6.45) is 3.05. The molecule has 0 heterocycles. The van der Waals surface area contributed by atoms with Gasteiger partial charge in [0.1, 0.15) is 0 Å². The van der Waals surface area contributed by atoms with E-state index in [1.807, 2.05) is 0 Å². The van der Waals surface area contributed by atoms with E-state index >= 15 is 0 Å². The molecular weight excluding hydrogens is 314 g/mol. The normalized spacial score (nSPS) is 12.0. The highest BCUT2D eigenvalue weighted by Gasteiger charge is 2.15. The number of rotatable bonds is 6. The van der Waals surface area contributed by atoms with Crippen molar-refractivity contribution in [3.63, 3.8) is 0 Å². The fourth-order valence-corrected chi connectivity index (χ4v) is 1.70. The van der Waals surface area contributed by atoms with Crippen LogP contribution in [0.25, 0.3) is 5.70 Å². The molecule has 0 aliphatic rings. The third kappa shape index (κ3) is 4.80. The summed E-state index contributed by atoms with van der Waals surface area (Å²) in [5.41, 5.74) is 6.44. The molecule has 6 nitrogen and oxygen atoms in total. The Bertz CT molecular complexity index is 515. The van der Waals surface area contributed by atoms with Crippen LogP contribution in [-0.4, -0.2) is 31.4 Å². The molecule has 0 atom stereocenters. The summed E-state index contributed by atoms with van der Waals surface area (Å²) in [5, 5.41) is 10.9. The van der Waals surface area contributed by atoms with Crippen molar-refractivity contribution in [1.82, 2.24) is 0 Å². The van der Waals surface area contributed by atoms with E-state index in [0.717, 1.165) is 4.47 Å². The van der Waals surface area contributed by atoms with E-state index in [9.17, 15) is 10.1 Å². The van der Waals surface area contributed by atoms with Gasteiger partial charge in [-0.1, -0.05) is 15.9 Å². The van der Waals surface area contributed by atoms with Gasteiger partial charge in [0.25, 0.3) is 5.69 Å². The molecule has 2 N–H and O–H groups in total. The number of methoxy groups -OCH3 is 1. The highest BCUT2D eigenvalue weighted by Crippen LogP contribution is 2.26. The van der Waals surface area contributed by atoms with Gasteiger partial charge in [-0.15, -0.1) is 0 Å². The largest absolute Gasteiger partial charge is 0.398 e. The quantitative estimate of drug-likeness (QED) is 0.376. The van der Waals surface area contributed by atoms with Gasteiger partial charge in [-0.3, -0.25) is 15.1 Å². The van der Waals surface area contributed by atoms with Crippen LogP contribution in [-0.2, 0) is 4.74 Å². The molecule has 102 valence electrons. The van der Waals surface area contributed by atoms with Crippen molar-refractivity contribution in [1.29, 1.82) is 0 Å². The van der Waals surface area contributed by atoms with Gasteiger partial charge in [-0.2, -0.15) is 0 Å². The molecule has 0 radical (unpaired) electrons. The molecule has 0 fully saturated rings. The molecule has 19 heavy (non-hydrogen) atoms. The minimum atomic E-state index is -0.468. The van der Waals surface area contributed by atoms with E-state index in [-0.39, 0.29) is 11.4 Å². The van der Waals surface area contributed by atoms with Crippen LogP contribution in [0.4, 0.5) is 5.69 Å². The van der Waals surface area contributed by atoms with Gasteiger partial charge in [0, 0.05) is 29.6 Å². The summed E-state index contributed by atoms with van der Waals surface area (Å²) in [6.45, 7) is 1.03. The molecule has 1 rings (SSSR count). The molecule has 0 amide bonds. The van der Waals surface area contributed by atoms with Crippen molar-refractivity contribution in [2.24, 2.45) is 10.7 Å². The number of halogens is 1. The van der Waals surface area contributed by atoms with Crippen LogP contribution in [0.3, 0.4) is 0 Å². The number of aliphatic imine (C=N–C) groups is 1. The fourth-order valence-electron chi connectivity index (χ4n) is 1.34. The van der Waals surface area contributed by atoms with Crippen LogP contribution < -0.4 is 5.73 Å². The maximum Gasteiger partial charge on any atom is 0.278 e. The molecule has 0 aliphatic heterocycles. The predicted molar refractivity (Wildman–Crippen MR) is 78.2 cm³/mol. The lowest BCUT2D eigenvalue weighted by molar-refractivity contribution is -0.385. The molecule has 1 aromatic rings. The summed E-state index contributed by atoms with van der Waals surface area (Å²) in [4.78, 5) is 14.5. The first-order valence-corrected chi connectivity index (χ1v) is 6.24. The average Bonchev–Trinajstić information content (AvgIpc) is 2.37. The zero-order chi connectivity index (χ0) is 14.3. The maximum absolute atomic E-state index is 10.9. The van der Waals surface area contributed by atoms with Gasteiger partial charge in [0.2, 0.25) is 0 Å². The summed E-state index contributed by atoms with van der Waals surface area (Å²) in [7, 11) is 1.59. The van der Waals surface area contributed by atoms with Crippen molar-refractivity contribution in [3.05, 3.63) is 44.4 Å². The lowest BCUT2D eigenvalue weighted by atomic mass is 10.1. The smallest absolute Gasteiger partial charge is 0.278 e. The molecule has 1 aromatic carbocycles. The number of nitro groups is 1. The molecule has 0 saturated heterocycles. The molecule has 0 saturated carbocycles. The van der Waals surface area contributed by atoms with Crippen molar-refractivity contribution in [3.8, 4) is 0 Å². The Morgan fingerprint density at radius 3 is 3.00 bits per heavy atom. The summed E-state index contributed by atoms with van der Waals surface area (Å²) >= 11 is 3.26. The van der Waals surface area contributed by atoms with Crippen LogP contribution in [0.15, 0.2) is 33.7 Å². The van der Waals surface area contributed by atoms with Gasteiger partial charge in [0.15, 0.2) is 0 Å². The number of ether oxygens (including phenoxy) is 1. The second-order valence-electron chi connectivity index (χ2n) is 3.59. The Labute approximate surface area is 119 Å². The van der Waals surface area contributed by atoms with E-state index in [2.05, 4.69) is 20.9 Å². The molecule has 0 aliphatic carbocycles. The Morgan fingerprint density at radius 2 is 2.37 bits per heavy atom. The van der Waals surface area contributed by atoms with Gasteiger partial charge < -0.3 is 10.5 Å². The van der Waals surface area contributed by atoms with Crippen LogP contribution in [0.5, 0.6) is 0 Å². The number of hydrogen-bond donors (Lipinski definition) is 1. The number of benzene rings is 1. The third-order valence-corrected chi connectivity index (χ3v) is 2.74. The molecule has 7 heteroatoms. The van der Waals surface area contributed by atoms with Gasteiger partial charge in [-0.25, -0.2) is 0 Å². The summed E-state index contributed by atoms with van der Waals surface area (Å²) in [6, 6.07) is 4.61. The predicted octanol–water partition coefficient (Wildman–Crippen LogP) is 2.37. The van der Waals surface area contributed by atoms with Crippen molar-refractivity contribution >= 4 is 33.5 Å². The number of nitrogens with zero attached hydrogens (tertiary/aromatic N) is 2. The van der Waals surface area contributed by atoms with E-state index in [4.69, 9.17) is 10.5 Å². The minimum Gasteiger partial charge on any atom is -0.398 e. The molecule has 0 aromatic heterocycles. The van der Waals surface area contributed by atoms with Crippen LogP contribution in [0, 0.1) is 10.1 Å². The zero-order valence-electron chi connectivity index (χ0n) is 10.4. The van der Waals surface area contributed by atoms with Crippen LogP contribution in [0.2, 0.25) is 0 Å². The Morgan fingerprint density at radius 1 is 1.63 bits per heavy atom. The zero-order valence-corrected chi connectivity index (χ0v) is 12.0. The van der Waals surface area contributed by atoms with Crippen molar-refractivity contribution in [2.75, 3.05) is 20.3 Å². The van der Waals surface area contributed by atoms with Crippen molar-refractivity contribution in [2.45, 2.75) is 0 Å². The Kier molecular flexibility index (Phi) is 6.17. The first-order valence-electron chi connectivity index (χ1n) is 5.45. The second kappa shape index (κ2) is 7.65. The van der Waals surface area contributed by atoms with E-state index in [1.54, 1.807) is 19.2 Å². The Balaban J connectivity index is 2.94. The standard InChI is InChI=1S/C12H14BrN3O3/c1-19-7-6-15-5-4-11(14)10-8-9(13)2-3-12(10)16(17)18/h2-5,8H,6-7,14H2,1H3/b11-4-,15-5?. The summed E-state index contributed by atoms with van der Waals surface area (Å²) < 4.78 is 5.56. The number of nitro benzene ring substituents is 1. The first kappa shape index (κ1) is 15.3. The summed E-state index contributed by atoms with van der Waals surface area (Å²) in [5.74, 6) is 0. The van der Waals surface area contributed by atoms with E-state index < -0.39 is 4.92 Å². The lowest BCUT2D eigenvalue weighted by Crippen LogP contribution is -2.02. The molecule has 0 spiro atoms.